The van der Waals surface area contributed by atoms with Gasteiger partial charge in [0.25, 0.3) is 0 Å². The molecular weight excluding hydrogens is 424 g/mol. The highest BCUT2D eigenvalue weighted by molar-refractivity contribution is 8.00. The third-order valence-electron chi connectivity index (χ3n) is 4.74. The summed E-state index contributed by atoms with van der Waals surface area (Å²) < 4.78 is 30.9. The van der Waals surface area contributed by atoms with Crippen LogP contribution in [-0.4, -0.2) is 52.5 Å². The summed E-state index contributed by atoms with van der Waals surface area (Å²) in [6, 6.07) is 7.19. The third-order valence-corrected chi connectivity index (χ3v) is 7.59. The van der Waals surface area contributed by atoms with Crippen molar-refractivity contribution in [1.29, 1.82) is 0 Å². The van der Waals surface area contributed by atoms with Crippen molar-refractivity contribution in [3.8, 4) is 5.75 Å². The summed E-state index contributed by atoms with van der Waals surface area (Å²) in [6.07, 6.45) is 2.25. The van der Waals surface area contributed by atoms with Gasteiger partial charge in [0.2, 0.25) is 5.91 Å². The van der Waals surface area contributed by atoms with E-state index in [1.54, 1.807) is 37.3 Å². The number of rotatable bonds is 9. The number of benzene rings is 1. The van der Waals surface area contributed by atoms with Crippen LogP contribution < -0.4 is 10.1 Å². The Kier molecular flexibility index (Phi) is 7.19. The molecule has 0 spiro atoms. The van der Waals surface area contributed by atoms with Crippen LogP contribution in [-0.2, 0) is 21.2 Å². The van der Waals surface area contributed by atoms with Crippen molar-refractivity contribution >= 4 is 33.2 Å². The Bertz CT molecular complexity index is 1000. The van der Waals surface area contributed by atoms with Crippen molar-refractivity contribution < 1.29 is 17.9 Å². The predicted molar refractivity (Wildman–Crippen MR) is 118 cm³/mol. The Morgan fingerprint density at radius 1 is 1.40 bits per heavy atom. The molecule has 2 atom stereocenters. The van der Waals surface area contributed by atoms with Crippen molar-refractivity contribution in [2.45, 2.75) is 43.1 Å². The second kappa shape index (κ2) is 9.65. The molecule has 1 fully saturated rings. The molecule has 3 rings (SSSR count). The van der Waals surface area contributed by atoms with Gasteiger partial charge in [-0.25, -0.2) is 8.42 Å². The van der Waals surface area contributed by atoms with Crippen molar-refractivity contribution in [2.75, 3.05) is 23.4 Å². The summed E-state index contributed by atoms with van der Waals surface area (Å²) in [4.78, 5) is 12.6. The Morgan fingerprint density at radius 2 is 2.13 bits per heavy atom. The first kappa shape index (κ1) is 22.4. The van der Waals surface area contributed by atoms with E-state index >= 15 is 0 Å². The highest BCUT2D eigenvalue weighted by Crippen LogP contribution is 2.31. The van der Waals surface area contributed by atoms with E-state index in [4.69, 9.17) is 4.74 Å². The third kappa shape index (κ3) is 5.42. The number of carbonyl (C=O) groups is 1. The SMILES string of the molecule is C=CCn1c(SC(C)C(=O)Nc2ccc(OCC)cc2)nnc1C1CCS(=O)(=O)C1. The number of anilines is 1. The van der Waals surface area contributed by atoms with Crippen LogP contribution in [0.1, 0.15) is 32.0 Å². The molecule has 10 heteroatoms. The number of hydrogen-bond donors (Lipinski definition) is 1. The number of hydrogen-bond acceptors (Lipinski definition) is 7. The Morgan fingerprint density at radius 3 is 2.73 bits per heavy atom. The fraction of sp³-hybridized carbons (Fsp3) is 0.450. The van der Waals surface area contributed by atoms with Crippen LogP contribution in [0, 0.1) is 0 Å². The molecular formula is C20H26N4O4S2. The molecule has 0 bridgehead atoms. The first-order valence-corrected chi connectivity index (χ1v) is 12.5. The minimum absolute atomic E-state index is 0.0841. The summed E-state index contributed by atoms with van der Waals surface area (Å²) in [5.41, 5.74) is 0.681. The number of nitrogens with zero attached hydrogens (tertiary/aromatic N) is 3. The number of thioether (sulfide) groups is 1. The standard InChI is InChI=1S/C20H26N4O4S2/c1-4-11-24-18(15-10-12-30(26,27)13-15)22-23-20(24)29-14(3)19(25)21-16-6-8-17(9-7-16)28-5-2/h4,6-9,14-15H,1,5,10-13H2,2-3H3,(H,21,25). The quantitative estimate of drug-likeness (QED) is 0.463. The molecule has 0 aliphatic carbocycles. The van der Waals surface area contributed by atoms with E-state index in [2.05, 4.69) is 22.1 Å². The molecule has 30 heavy (non-hydrogen) atoms. The van der Waals surface area contributed by atoms with E-state index in [0.717, 1.165) is 5.75 Å². The number of carbonyl (C=O) groups excluding carboxylic acids is 1. The summed E-state index contributed by atoms with van der Waals surface area (Å²) in [5, 5.41) is 11.5. The smallest absolute Gasteiger partial charge is 0.237 e. The number of allylic oxidation sites excluding steroid dienone is 1. The zero-order valence-electron chi connectivity index (χ0n) is 17.1. The molecule has 0 radical (unpaired) electrons. The number of nitrogens with one attached hydrogen (secondary N) is 1. The molecule has 2 heterocycles. The largest absolute Gasteiger partial charge is 0.494 e. The molecule has 1 aromatic heterocycles. The zero-order chi connectivity index (χ0) is 21.7. The van der Waals surface area contributed by atoms with Crippen molar-refractivity contribution in [2.24, 2.45) is 0 Å². The summed E-state index contributed by atoms with van der Waals surface area (Å²) in [7, 11) is -3.03. The lowest BCUT2D eigenvalue weighted by Crippen LogP contribution is -2.23. The van der Waals surface area contributed by atoms with Gasteiger partial charge in [0.15, 0.2) is 15.0 Å². The van der Waals surface area contributed by atoms with Gasteiger partial charge in [0.1, 0.15) is 11.6 Å². The van der Waals surface area contributed by atoms with Crippen LogP contribution in [0.2, 0.25) is 0 Å². The minimum atomic E-state index is -3.03. The van der Waals surface area contributed by atoms with Gasteiger partial charge in [-0.2, -0.15) is 0 Å². The highest BCUT2D eigenvalue weighted by Gasteiger charge is 2.33. The summed E-state index contributed by atoms with van der Waals surface area (Å²) in [6.45, 7) is 8.51. The Labute approximate surface area is 181 Å². The maximum Gasteiger partial charge on any atom is 0.237 e. The van der Waals surface area contributed by atoms with E-state index < -0.39 is 15.1 Å². The predicted octanol–water partition coefficient (Wildman–Crippen LogP) is 2.88. The van der Waals surface area contributed by atoms with E-state index in [9.17, 15) is 13.2 Å². The van der Waals surface area contributed by atoms with Gasteiger partial charge >= 0.3 is 0 Å². The summed E-state index contributed by atoms with van der Waals surface area (Å²) >= 11 is 1.28. The molecule has 1 aromatic carbocycles. The number of ether oxygens (including phenoxy) is 1. The van der Waals surface area contributed by atoms with Crippen LogP contribution in [0.3, 0.4) is 0 Å². The second-order valence-electron chi connectivity index (χ2n) is 7.05. The number of sulfone groups is 1. The van der Waals surface area contributed by atoms with Crippen LogP contribution in [0.25, 0.3) is 0 Å². The van der Waals surface area contributed by atoms with E-state index in [0.29, 0.717) is 36.2 Å². The molecule has 0 saturated carbocycles. The van der Waals surface area contributed by atoms with Crippen LogP contribution in [0.4, 0.5) is 5.69 Å². The molecule has 1 saturated heterocycles. The average Bonchev–Trinajstić information content (AvgIpc) is 3.26. The van der Waals surface area contributed by atoms with Crippen LogP contribution >= 0.6 is 11.8 Å². The molecule has 8 nitrogen and oxygen atoms in total. The van der Waals surface area contributed by atoms with E-state index in [1.807, 2.05) is 11.5 Å². The second-order valence-corrected chi connectivity index (χ2v) is 10.6. The topological polar surface area (TPSA) is 103 Å². The minimum Gasteiger partial charge on any atom is -0.494 e. The molecule has 2 aromatic rings. The lowest BCUT2D eigenvalue weighted by Gasteiger charge is -2.14. The number of aromatic nitrogens is 3. The molecule has 1 amide bonds. The molecule has 1 aliphatic rings. The highest BCUT2D eigenvalue weighted by atomic mass is 32.2. The monoisotopic (exact) mass is 450 g/mol. The first-order chi connectivity index (χ1) is 14.3. The van der Waals surface area contributed by atoms with Crippen molar-refractivity contribution in [3.63, 3.8) is 0 Å². The fourth-order valence-corrected chi connectivity index (χ4v) is 5.85. The lowest BCUT2D eigenvalue weighted by molar-refractivity contribution is -0.115. The fourth-order valence-electron chi connectivity index (χ4n) is 3.25. The van der Waals surface area contributed by atoms with Crippen LogP contribution in [0.5, 0.6) is 5.75 Å². The Hall–Kier alpha value is -2.33. The first-order valence-electron chi connectivity index (χ1n) is 9.77. The van der Waals surface area contributed by atoms with E-state index in [1.165, 1.54) is 11.8 Å². The van der Waals surface area contributed by atoms with Gasteiger partial charge in [-0.1, -0.05) is 17.8 Å². The lowest BCUT2D eigenvalue weighted by atomic mass is 10.1. The molecule has 162 valence electrons. The molecule has 1 aliphatic heterocycles. The van der Waals surface area contributed by atoms with Gasteiger partial charge < -0.3 is 14.6 Å². The number of amides is 1. The maximum absolute atomic E-state index is 12.6. The van der Waals surface area contributed by atoms with Crippen molar-refractivity contribution in [3.05, 3.63) is 42.7 Å². The normalized spacial score (nSPS) is 18.7. The van der Waals surface area contributed by atoms with Gasteiger partial charge in [-0.15, -0.1) is 16.8 Å². The maximum atomic E-state index is 12.6. The summed E-state index contributed by atoms with van der Waals surface area (Å²) in [5.74, 6) is 1.30. The molecule has 2 unspecified atom stereocenters. The zero-order valence-corrected chi connectivity index (χ0v) is 18.7. The van der Waals surface area contributed by atoms with Gasteiger partial charge in [0.05, 0.1) is 23.4 Å². The van der Waals surface area contributed by atoms with Gasteiger partial charge in [0, 0.05) is 18.2 Å². The van der Waals surface area contributed by atoms with Crippen LogP contribution in [0.15, 0.2) is 42.1 Å². The van der Waals surface area contributed by atoms with Gasteiger partial charge in [-0.3, -0.25) is 4.79 Å². The Balaban J connectivity index is 1.68. The molecule has 1 N–H and O–H groups in total. The average molecular weight is 451 g/mol. The van der Waals surface area contributed by atoms with Crippen molar-refractivity contribution in [1.82, 2.24) is 14.8 Å². The van der Waals surface area contributed by atoms with Gasteiger partial charge in [-0.05, 0) is 44.5 Å². The van der Waals surface area contributed by atoms with E-state index in [-0.39, 0.29) is 23.3 Å².